The molecule has 0 radical (unpaired) electrons. The summed E-state index contributed by atoms with van der Waals surface area (Å²) in [7, 11) is -7.63. The van der Waals surface area contributed by atoms with Crippen LogP contribution in [0.1, 0.15) is 25.7 Å². The molecule has 3 N–H and O–H groups in total. The molecule has 0 atom stereocenters. The first-order chi connectivity index (χ1) is 10.7. The van der Waals surface area contributed by atoms with Crippen LogP contribution >= 0.6 is 0 Å². The molecule has 2 rings (SSSR count). The normalized spacial score (nSPS) is 15.5. The van der Waals surface area contributed by atoms with Crippen molar-refractivity contribution in [1.29, 1.82) is 0 Å². The van der Waals surface area contributed by atoms with E-state index in [0.29, 0.717) is 0 Å². The van der Waals surface area contributed by atoms with Crippen LogP contribution in [0.2, 0.25) is 0 Å². The number of carbonyl (C=O) groups is 1. The summed E-state index contributed by atoms with van der Waals surface area (Å²) in [6.07, 6.45) is 1.56. The fourth-order valence-electron chi connectivity index (χ4n) is 1.83. The first-order valence-electron chi connectivity index (χ1n) is 7.04. The van der Waals surface area contributed by atoms with Crippen molar-refractivity contribution in [1.82, 2.24) is 9.44 Å². The van der Waals surface area contributed by atoms with E-state index in [0.717, 1.165) is 18.9 Å². The topological polar surface area (TPSA) is 130 Å². The van der Waals surface area contributed by atoms with Crippen LogP contribution in [-0.4, -0.2) is 40.5 Å². The van der Waals surface area contributed by atoms with Gasteiger partial charge in [0.2, 0.25) is 20.0 Å². The van der Waals surface area contributed by atoms with Crippen molar-refractivity contribution in [3.05, 3.63) is 24.3 Å². The van der Waals surface area contributed by atoms with Crippen LogP contribution in [0.25, 0.3) is 0 Å². The van der Waals surface area contributed by atoms with Gasteiger partial charge in [0.05, 0.1) is 9.79 Å². The van der Waals surface area contributed by atoms with E-state index in [2.05, 4.69) is 9.44 Å². The molecule has 0 aromatic heterocycles. The van der Waals surface area contributed by atoms with Gasteiger partial charge in [-0.05, 0) is 37.5 Å². The minimum absolute atomic E-state index is 0.0358. The zero-order valence-electron chi connectivity index (χ0n) is 12.2. The molecule has 1 saturated carbocycles. The predicted molar refractivity (Wildman–Crippen MR) is 81.8 cm³/mol. The zero-order chi connectivity index (χ0) is 17.1. The highest BCUT2D eigenvalue weighted by Crippen LogP contribution is 2.23. The lowest BCUT2D eigenvalue weighted by Gasteiger charge is -2.09. The molecule has 0 bridgehead atoms. The van der Waals surface area contributed by atoms with Gasteiger partial charge in [0.15, 0.2) is 0 Å². The van der Waals surface area contributed by atoms with Gasteiger partial charge in [-0.2, -0.15) is 0 Å². The van der Waals surface area contributed by atoms with Crippen molar-refractivity contribution in [2.24, 2.45) is 0 Å². The SMILES string of the molecule is O=C(O)CCCNS(=O)(=O)c1cccc(S(=O)(=O)NC2CC2)c1. The molecular weight excluding hydrogens is 344 g/mol. The Kier molecular flexibility index (Phi) is 5.40. The molecule has 0 amide bonds. The van der Waals surface area contributed by atoms with Crippen molar-refractivity contribution < 1.29 is 26.7 Å². The van der Waals surface area contributed by atoms with Gasteiger partial charge in [-0.15, -0.1) is 0 Å². The maximum Gasteiger partial charge on any atom is 0.303 e. The van der Waals surface area contributed by atoms with Crippen molar-refractivity contribution in [3.8, 4) is 0 Å². The van der Waals surface area contributed by atoms with E-state index in [-0.39, 0.29) is 35.2 Å². The van der Waals surface area contributed by atoms with Gasteiger partial charge >= 0.3 is 5.97 Å². The van der Waals surface area contributed by atoms with Crippen LogP contribution in [0.15, 0.2) is 34.1 Å². The molecular formula is C13H18N2O6S2. The quantitative estimate of drug-likeness (QED) is 0.541. The molecule has 0 heterocycles. The van der Waals surface area contributed by atoms with Crippen LogP contribution in [0.5, 0.6) is 0 Å². The lowest BCUT2D eigenvalue weighted by molar-refractivity contribution is -0.137. The van der Waals surface area contributed by atoms with E-state index in [4.69, 9.17) is 5.11 Å². The van der Waals surface area contributed by atoms with E-state index in [1.165, 1.54) is 18.2 Å². The first kappa shape index (κ1) is 17.9. The molecule has 1 aromatic carbocycles. The third-order valence-corrected chi connectivity index (χ3v) is 6.16. The van der Waals surface area contributed by atoms with Gasteiger partial charge in [0.1, 0.15) is 0 Å². The minimum Gasteiger partial charge on any atom is -0.481 e. The fourth-order valence-corrected chi connectivity index (χ4v) is 4.37. The number of carboxylic acid groups (broad SMARTS) is 1. The zero-order valence-corrected chi connectivity index (χ0v) is 13.9. The summed E-state index contributed by atoms with van der Waals surface area (Å²) >= 11 is 0. The summed E-state index contributed by atoms with van der Waals surface area (Å²) in [6.45, 7) is -0.0358. The van der Waals surface area contributed by atoms with Gasteiger partial charge < -0.3 is 5.11 Å². The van der Waals surface area contributed by atoms with E-state index in [1.54, 1.807) is 0 Å². The van der Waals surface area contributed by atoms with Gasteiger partial charge in [-0.3, -0.25) is 4.79 Å². The monoisotopic (exact) mass is 362 g/mol. The second-order valence-electron chi connectivity index (χ2n) is 5.27. The van der Waals surface area contributed by atoms with E-state index in [1.807, 2.05) is 0 Å². The number of hydrogen-bond donors (Lipinski definition) is 3. The summed E-state index contributed by atoms with van der Waals surface area (Å²) in [5.41, 5.74) is 0. The molecule has 10 heteroatoms. The summed E-state index contributed by atoms with van der Waals surface area (Å²) in [5, 5.41) is 8.51. The molecule has 8 nitrogen and oxygen atoms in total. The van der Waals surface area contributed by atoms with Crippen molar-refractivity contribution in [2.45, 2.75) is 41.5 Å². The maximum atomic E-state index is 12.1. The largest absolute Gasteiger partial charge is 0.481 e. The first-order valence-corrected chi connectivity index (χ1v) is 10.0. The number of nitrogens with one attached hydrogen (secondary N) is 2. The van der Waals surface area contributed by atoms with Gasteiger partial charge in [-0.25, -0.2) is 26.3 Å². The second-order valence-corrected chi connectivity index (χ2v) is 8.75. The van der Waals surface area contributed by atoms with Crippen LogP contribution < -0.4 is 9.44 Å². The predicted octanol–water partition coefficient (Wildman–Crippen LogP) is 0.270. The molecule has 1 aromatic rings. The average molecular weight is 362 g/mol. The van der Waals surface area contributed by atoms with E-state index in [9.17, 15) is 21.6 Å². The van der Waals surface area contributed by atoms with Crippen LogP contribution in [0.4, 0.5) is 0 Å². The highest BCUT2D eigenvalue weighted by Gasteiger charge is 2.28. The summed E-state index contributed by atoms with van der Waals surface area (Å²) in [5.74, 6) is -1.01. The van der Waals surface area contributed by atoms with E-state index >= 15 is 0 Å². The Labute approximate surface area is 135 Å². The fraction of sp³-hybridized carbons (Fsp3) is 0.462. The highest BCUT2D eigenvalue weighted by molar-refractivity contribution is 7.90. The summed E-state index contributed by atoms with van der Waals surface area (Å²) in [4.78, 5) is 10.1. The van der Waals surface area contributed by atoms with Crippen LogP contribution in [-0.2, 0) is 24.8 Å². The van der Waals surface area contributed by atoms with Crippen molar-refractivity contribution in [3.63, 3.8) is 0 Å². The molecule has 128 valence electrons. The Balaban J connectivity index is 2.10. The standard InChI is InChI=1S/C13H18N2O6S2/c16-13(17)5-2-8-14-22(18,19)11-3-1-4-12(9-11)23(20,21)15-10-6-7-10/h1,3-4,9-10,14-15H,2,5-8H2,(H,16,17). The third kappa shape index (κ3) is 5.27. The highest BCUT2D eigenvalue weighted by atomic mass is 32.2. The number of hydrogen-bond acceptors (Lipinski definition) is 5. The number of rotatable bonds is 9. The summed E-state index contributed by atoms with van der Waals surface area (Å²) in [6, 6.07) is 4.98. The number of carboxylic acids is 1. The molecule has 1 aliphatic rings. The number of aliphatic carboxylic acids is 1. The van der Waals surface area contributed by atoms with Crippen molar-refractivity contribution in [2.75, 3.05) is 6.54 Å². The minimum atomic E-state index is -3.89. The Morgan fingerprint density at radius 1 is 1.13 bits per heavy atom. The van der Waals surface area contributed by atoms with Gasteiger partial charge in [0.25, 0.3) is 0 Å². The lowest BCUT2D eigenvalue weighted by Crippen LogP contribution is -2.27. The maximum absolute atomic E-state index is 12.1. The lowest BCUT2D eigenvalue weighted by atomic mass is 10.3. The Morgan fingerprint density at radius 3 is 2.30 bits per heavy atom. The van der Waals surface area contributed by atoms with Gasteiger partial charge in [0, 0.05) is 19.0 Å². The molecule has 1 fully saturated rings. The molecule has 0 spiro atoms. The Bertz CT molecular complexity index is 784. The van der Waals surface area contributed by atoms with E-state index < -0.39 is 26.0 Å². The van der Waals surface area contributed by atoms with Crippen LogP contribution in [0.3, 0.4) is 0 Å². The van der Waals surface area contributed by atoms with Crippen molar-refractivity contribution >= 4 is 26.0 Å². The Morgan fingerprint density at radius 2 is 1.74 bits per heavy atom. The van der Waals surface area contributed by atoms with Crippen LogP contribution in [0, 0.1) is 0 Å². The molecule has 23 heavy (non-hydrogen) atoms. The number of sulfonamides is 2. The van der Waals surface area contributed by atoms with Gasteiger partial charge in [-0.1, -0.05) is 6.07 Å². The molecule has 0 unspecified atom stereocenters. The number of benzene rings is 1. The average Bonchev–Trinajstić information content (AvgIpc) is 3.27. The Hall–Kier alpha value is -1.49. The third-order valence-electron chi connectivity index (χ3n) is 3.18. The molecule has 0 saturated heterocycles. The molecule has 1 aliphatic carbocycles. The molecule has 0 aliphatic heterocycles. The second kappa shape index (κ2) is 6.95. The smallest absolute Gasteiger partial charge is 0.303 e. The summed E-state index contributed by atoms with van der Waals surface area (Å²) < 4.78 is 53.2.